The summed E-state index contributed by atoms with van der Waals surface area (Å²) in [7, 11) is 2.13. The highest BCUT2D eigenvalue weighted by molar-refractivity contribution is 5.99. The Morgan fingerprint density at radius 2 is 1.82 bits per heavy atom. The lowest BCUT2D eigenvalue weighted by atomic mass is 9.89. The van der Waals surface area contributed by atoms with Gasteiger partial charge in [0.25, 0.3) is 5.91 Å². The first-order chi connectivity index (χ1) is 20.9. The maximum absolute atomic E-state index is 14.2. The van der Waals surface area contributed by atoms with Gasteiger partial charge in [-0.3, -0.25) is 9.59 Å². The van der Waals surface area contributed by atoms with E-state index in [2.05, 4.69) is 24.2 Å². The molecule has 1 aliphatic carbocycles. The Bertz CT molecular complexity index is 1050. The molecule has 3 rings (SSSR count). The minimum Gasteiger partial charge on any atom is -0.490 e. The number of fused-ring (bicyclic) bond motifs is 1. The van der Waals surface area contributed by atoms with Crippen molar-refractivity contribution in [1.82, 2.24) is 9.80 Å². The summed E-state index contributed by atoms with van der Waals surface area (Å²) in [6, 6.07) is 4.04. The number of anilines is 1. The summed E-state index contributed by atoms with van der Waals surface area (Å²) in [6.07, 6.45) is 2.15. The van der Waals surface area contributed by atoms with Crippen molar-refractivity contribution in [1.29, 1.82) is 0 Å². The first-order valence-corrected chi connectivity index (χ1v) is 16.3. The van der Waals surface area contributed by atoms with Crippen LogP contribution in [0.4, 0.5) is 18.9 Å². The third kappa shape index (κ3) is 11.9. The van der Waals surface area contributed by atoms with Crippen molar-refractivity contribution in [3.8, 4) is 5.75 Å². The lowest BCUT2D eigenvalue weighted by Gasteiger charge is -2.36. The van der Waals surface area contributed by atoms with E-state index in [1.807, 2.05) is 6.92 Å². The molecule has 250 valence electrons. The van der Waals surface area contributed by atoms with E-state index >= 15 is 0 Å². The zero-order valence-electron chi connectivity index (χ0n) is 26.8. The van der Waals surface area contributed by atoms with Gasteiger partial charge in [0.2, 0.25) is 5.91 Å². The number of hydrogen-bond donors (Lipinski definition) is 2. The molecule has 1 aromatic rings. The van der Waals surface area contributed by atoms with Crippen molar-refractivity contribution in [3.05, 3.63) is 23.8 Å². The zero-order valence-corrected chi connectivity index (χ0v) is 26.8. The molecular formula is C33H52F3N3O5. The average Bonchev–Trinajstić information content (AvgIpc) is 2.97. The third-order valence-corrected chi connectivity index (χ3v) is 8.76. The normalized spacial score (nSPS) is 23.9. The molecule has 44 heavy (non-hydrogen) atoms. The maximum Gasteiger partial charge on any atom is 0.389 e. The number of aliphatic hydroxyl groups is 1. The maximum atomic E-state index is 14.2. The van der Waals surface area contributed by atoms with E-state index in [-0.39, 0.29) is 36.0 Å². The highest BCUT2D eigenvalue weighted by Crippen LogP contribution is 2.30. The summed E-state index contributed by atoms with van der Waals surface area (Å²) in [6.45, 7) is 8.17. The van der Waals surface area contributed by atoms with Gasteiger partial charge in [-0.1, -0.05) is 26.2 Å². The minimum absolute atomic E-state index is 0.0572. The molecule has 0 spiro atoms. The van der Waals surface area contributed by atoms with E-state index in [0.29, 0.717) is 24.8 Å². The van der Waals surface area contributed by atoms with Crippen LogP contribution in [0.15, 0.2) is 18.2 Å². The summed E-state index contributed by atoms with van der Waals surface area (Å²) in [5.74, 6) is -0.222. The van der Waals surface area contributed by atoms with Crippen LogP contribution in [-0.4, -0.2) is 91.0 Å². The second kappa shape index (κ2) is 17.4. The van der Waals surface area contributed by atoms with Gasteiger partial charge in [-0.2, -0.15) is 13.2 Å². The van der Waals surface area contributed by atoms with Crippen LogP contribution >= 0.6 is 0 Å². The van der Waals surface area contributed by atoms with Crippen molar-refractivity contribution in [2.45, 2.75) is 109 Å². The predicted octanol–water partition coefficient (Wildman–Crippen LogP) is 6.28. The number of benzene rings is 1. The van der Waals surface area contributed by atoms with E-state index in [9.17, 15) is 27.9 Å². The average molecular weight is 628 g/mol. The summed E-state index contributed by atoms with van der Waals surface area (Å²) in [5, 5.41) is 12.6. The molecule has 1 aromatic carbocycles. The van der Waals surface area contributed by atoms with Gasteiger partial charge in [-0.15, -0.1) is 0 Å². The smallest absolute Gasteiger partial charge is 0.389 e. The molecule has 1 aliphatic heterocycles. The Balaban J connectivity index is 1.86. The second-order valence-corrected chi connectivity index (χ2v) is 12.9. The first-order valence-electron chi connectivity index (χ1n) is 16.3. The number of halogens is 3. The number of nitrogens with one attached hydrogen (secondary N) is 1. The van der Waals surface area contributed by atoms with Crippen molar-refractivity contribution in [2.24, 2.45) is 11.8 Å². The van der Waals surface area contributed by atoms with Crippen molar-refractivity contribution in [3.63, 3.8) is 0 Å². The van der Waals surface area contributed by atoms with E-state index in [4.69, 9.17) is 9.47 Å². The van der Waals surface area contributed by atoms with Crippen molar-refractivity contribution >= 4 is 17.5 Å². The first kappa shape index (κ1) is 36.1. The van der Waals surface area contributed by atoms with Crippen LogP contribution in [0, 0.1) is 11.8 Å². The molecule has 2 amide bonds. The summed E-state index contributed by atoms with van der Waals surface area (Å²) in [4.78, 5) is 30.4. The van der Waals surface area contributed by atoms with Gasteiger partial charge < -0.3 is 29.7 Å². The Labute approximate surface area is 260 Å². The zero-order chi connectivity index (χ0) is 32.3. The highest BCUT2D eigenvalue weighted by Gasteiger charge is 2.31. The quantitative estimate of drug-likeness (QED) is 0.335. The monoisotopic (exact) mass is 627 g/mol. The molecule has 0 saturated heterocycles. The van der Waals surface area contributed by atoms with E-state index in [1.165, 1.54) is 44.2 Å². The van der Waals surface area contributed by atoms with Crippen LogP contribution in [0.5, 0.6) is 5.75 Å². The molecular weight excluding hydrogens is 575 g/mol. The van der Waals surface area contributed by atoms with Crippen LogP contribution in [0.1, 0.15) is 95.3 Å². The molecule has 0 aromatic heterocycles. The van der Waals surface area contributed by atoms with Crippen LogP contribution < -0.4 is 10.1 Å². The van der Waals surface area contributed by atoms with Crippen molar-refractivity contribution in [2.75, 3.05) is 45.2 Å². The molecule has 1 saturated carbocycles. The Morgan fingerprint density at radius 1 is 1.11 bits per heavy atom. The predicted molar refractivity (Wildman–Crippen MR) is 165 cm³/mol. The Kier molecular flexibility index (Phi) is 14.2. The Hall–Kier alpha value is -2.37. The largest absolute Gasteiger partial charge is 0.490 e. The molecule has 2 N–H and O–H groups in total. The summed E-state index contributed by atoms with van der Waals surface area (Å²) < 4.78 is 50.6. The summed E-state index contributed by atoms with van der Waals surface area (Å²) in [5.41, 5.74) is 0.388. The molecule has 0 radical (unpaired) electrons. The van der Waals surface area contributed by atoms with Crippen LogP contribution in [0.25, 0.3) is 0 Å². The standard InChI is InChI=1S/C33H52F3N3O5/c1-23-19-39(24(2)22-40)32(42)28-18-27(37-31(41)15-16-33(34,35)36)13-14-29(28)44-25(3)10-8-9-17-43-30(23)21-38(4)20-26-11-6-5-7-12-26/h13-14,18,23-26,30,40H,5-12,15-17,19-22H2,1-4H3,(H,37,41)/t23-,24-,25-,30+/m0/s1. The summed E-state index contributed by atoms with van der Waals surface area (Å²) >= 11 is 0. The SMILES string of the molecule is C[C@H]1CCCCO[C@H](CN(C)CC2CCCCC2)[C@@H](C)CN([C@@H](C)CO)C(=O)c2cc(NC(=O)CCC(F)(F)F)ccc2O1. The number of hydrogen-bond acceptors (Lipinski definition) is 6. The van der Waals surface area contributed by atoms with E-state index in [0.717, 1.165) is 32.4 Å². The van der Waals surface area contributed by atoms with E-state index < -0.39 is 36.9 Å². The van der Waals surface area contributed by atoms with Crippen LogP contribution in [0.2, 0.25) is 0 Å². The molecule has 11 heteroatoms. The Morgan fingerprint density at radius 3 is 2.50 bits per heavy atom. The van der Waals surface area contributed by atoms with Gasteiger partial charge in [-0.25, -0.2) is 0 Å². The lowest BCUT2D eigenvalue weighted by Crippen LogP contribution is -2.47. The second-order valence-electron chi connectivity index (χ2n) is 12.9. The number of likely N-dealkylation sites (N-methyl/N-ethyl adjacent to an activating group) is 1. The number of nitrogens with zero attached hydrogens (tertiary/aromatic N) is 2. The van der Waals surface area contributed by atoms with Crippen LogP contribution in [-0.2, 0) is 9.53 Å². The van der Waals surface area contributed by atoms with Crippen molar-refractivity contribution < 1.29 is 37.3 Å². The number of alkyl halides is 3. The molecule has 2 aliphatic rings. The fraction of sp³-hybridized carbons (Fsp3) is 0.758. The van der Waals surface area contributed by atoms with Gasteiger partial charge in [0.05, 0.1) is 36.8 Å². The van der Waals surface area contributed by atoms with Gasteiger partial charge in [0.1, 0.15) is 5.75 Å². The molecule has 1 fully saturated rings. The molecule has 0 unspecified atom stereocenters. The number of carbonyl (C=O) groups excluding carboxylic acids is 2. The number of aliphatic hydroxyl groups excluding tert-OH is 1. The number of rotatable bonds is 9. The van der Waals surface area contributed by atoms with Gasteiger partial charge >= 0.3 is 6.18 Å². The number of carbonyl (C=O) groups is 2. The van der Waals surface area contributed by atoms with Gasteiger partial charge in [0, 0.05) is 44.3 Å². The fourth-order valence-corrected chi connectivity index (χ4v) is 6.13. The lowest BCUT2D eigenvalue weighted by molar-refractivity contribution is -0.142. The molecule has 1 heterocycles. The van der Waals surface area contributed by atoms with Gasteiger partial charge in [-0.05, 0) is 77.1 Å². The minimum atomic E-state index is -4.45. The molecule has 4 atom stereocenters. The third-order valence-electron chi connectivity index (χ3n) is 8.76. The van der Waals surface area contributed by atoms with Gasteiger partial charge in [0.15, 0.2) is 0 Å². The van der Waals surface area contributed by atoms with Crippen LogP contribution in [0.3, 0.4) is 0 Å². The highest BCUT2D eigenvalue weighted by atomic mass is 19.4. The number of ether oxygens (including phenoxy) is 2. The fourth-order valence-electron chi connectivity index (χ4n) is 6.13. The molecule has 8 nitrogen and oxygen atoms in total. The molecule has 0 bridgehead atoms. The topological polar surface area (TPSA) is 91.3 Å². The van der Waals surface area contributed by atoms with E-state index in [1.54, 1.807) is 17.9 Å². The number of amides is 2.